The van der Waals surface area contributed by atoms with E-state index in [0.717, 1.165) is 17.3 Å². The van der Waals surface area contributed by atoms with Crippen LogP contribution in [0.1, 0.15) is 11.1 Å². The summed E-state index contributed by atoms with van der Waals surface area (Å²) in [6, 6.07) is 11.0. The number of aryl methyl sites for hydroxylation is 1. The molecule has 0 spiro atoms. The van der Waals surface area contributed by atoms with E-state index >= 15 is 0 Å². The smallest absolute Gasteiger partial charge is 0.339 e. The molecule has 0 unspecified atom stereocenters. The number of nitrogens with zero attached hydrogens (tertiary/aromatic N) is 1. The third-order valence-corrected chi connectivity index (χ3v) is 5.69. The van der Waals surface area contributed by atoms with Crippen LogP contribution < -0.4 is 14.7 Å². The first-order chi connectivity index (χ1) is 12.8. The molecular formula is C18H16N2O5S2. The van der Waals surface area contributed by atoms with Crippen LogP contribution in [0.5, 0.6) is 11.5 Å². The lowest BCUT2D eigenvalue weighted by molar-refractivity contribution is -0.113. The lowest BCUT2D eigenvalue weighted by Crippen LogP contribution is -2.10. The molecule has 27 heavy (non-hydrogen) atoms. The number of rotatable bonds is 5. The van der Waals surface area contributed by atoms with E-state index in [1.54, 1.807) is 30.3 Å². The molecule has 0 fully saturated rings. The highest BCUT2D eigenvalue weighted by atomic mass is 32.2. The van der Waals surface area contributed by atoms with Crippen molar-refractivity contribution in [3.05, 3.63) is 58.5 Å². The Balaban J connectivity index is 1.88. The highest BCUT2D eigenvalue weighted by Gasteiger charge is 2.21. The molecule has 2 N–H and O–H groups in total. The van der Waals surface area contributed by atoms with E-state index in [4.69, 9.17) is 14.7 Å². The molecule has 1 heterocycles. The largest absolute Gasteiger partial charge is 0.493 e. The molecule has 2 aromatic carbocycles. The zero-order valence-corrected chi connectivity index (χ0v) is 16.1. The number of carbonyl (C=O) groups is 1. The van der Waals surface area contributed by atoms with Crippen molar-refractivity contribution >= 4 is 39.0 Å². The Labute approximate surface area is 161 Å². The molecule has 1 amide bonds. The van der Waals surface area contributed by atoms with Gasteiger partial charge in [-0.1, -0.05) is 23.8 Å². The second-order valence-corrected chi connectivity index (χ2v) is 8.24. The number of benzene rings is 2. The molecule has 3 rings (SSSR count). The van der Waals surface area contributed by atoms with Gasteiger partial charge in [-0.25, -0.2) is 0 Å². The van der Waals surface area contributed by atoms with Gasteiger partial charge in [0.1, 0.15) is 4.90 Å². The number of amidine groups is 1. The average molecular weight is 404 g/mol. The molecule has 140 valence electrons. The number of thioether (sulfide) groups is 1. The second kappa shape index (κ2) is 7.45. The molecule has 0 saturated heterocycles. The van der Waals surface area contributed by atoms with Crippen LogP contribution in [0.25, 0.3) is 6.08 Å². The number of amides is 1. The average Bonchev–Trinajstić information content (AvgIpc) is 2.93. The standard InChI is InChI=1S/C18H16N2O5S2/c1-11-3-6-13(7-4-11)27(22,23)25-14-8-5-12(9-15(14)24-2)10-16-17(21)20-18(19)26-16/h3-10H,1-2H3,(H2,19,20,21)/b16-10+. The summed E-state index contributed by atoms with van der Waals surface area (Å²) in [5.74, 6) is -0.162. The van der Waals surface area contributed by atoms with Gasteiger partial charge in [-0.3, -0.25) is 4.79 Å². The van der Waals surface area contributed by atoms with Gasteiger partial charge in [-0.2, -0.15) is 13.4 Å². The summed E-state index contributed by atoms with van der Waals surface area (Å²) in [6.07, 6.45) is 1.59. The van der Waals surface area contributed by atoms with E-state index in [-0.39, 0.29) is 21.6 Å². The van der Waals surface area contributed by atoms with E-state index in [1.807, 2.05) is 6.92 Å². The number of hydrogen-bond donors (Lipinski definition) is 1. The Morgan fingerprint density at radius 3 is 2.41 bits per heavy atom. The number of aliphatic imine (C=N–C) groups is 1. The van der Waals surface area contributed by atoms with Crippen LogP contribution in [0.3, 0.4) is 0 Å². The Kier molecular flexibility index (Phi) is 5.24. The Morgan fingerprint density at radius 2 is 1.81 bits per heavy atom. The molecule has 1 aliphatic heterocycles. The second-order valence-electron chi connectivity index (χ2n) is 5.63. The van der Waals surface area contributed by atoms with Crippen molar-refractivity contribution in [1.82, 2.24) is 0 Å². The van der Waals surface area contributed by atoms with Gasteiger partial charge in [0.25, 0.3) is 5.91 Å². The van der Waals surface area contributed by atoms with E-state index in [9.17, 15) is 13.2 Å². The maximum atomic E-state index is 12.5. The van der Waals surface area contributed by atoms with Crippen LogP contribution in [0.15, 0.2) is 57.3 Å². The molecular weight excluding hydrogens is 388 g/mol. The predicted octanol–water partition coefficient (Wildman–Crippen LogP) is 2.70. The monoisotopic (exact) mass is 404 g/mol. The lowest BCUT2D eigenvalue weighted by atomic mass is 10.2. The van der Waals surface area contributed by atoms with Crippen molar-refractivity contribution in [2.75, 3.05) is 7.11 Å². The number of carbonyl (C=O) groups excluding carboxylic acids is 1. The molecule has 0 bridgehead atoms. The van der Waals surface area contributed by atoms with Gasteiger partial charge >= 0.3 is 10.1 Å². The fraction of sp³-hybridized carbons (Fsp3) is 0.111. The van der Waals surface area contributed by atoms with Crippen molar-refractivity contribution in [3.8, 4) is 11.5 Å². The lowest BCUT2D eigenvalue weighted by Gasteiger charge is -2.11. The van der Waals surface area contributed by atoms with E-state index in [1.165, 1.54) is 25.3 Å². The molecule has 0 saturated carbocycles. The quantitative estimate of drug-likeness (QED) is 0.603. The van der Waals surface area contributed by atoms with Gasteiger partial charge in [0.05, 0.1) is 12.0 Å². The van der Waals surface area contributed by atoms with Gasteiger partial charge in [0.2, 0.25) is 0 Å². The Morgan fingerprint density at radius 1 is 1.11 bits per heavy atom. The minimum Gasteiger partial charge on any atom is -0.493 e. The van der Waals surface area contributed by atoms with Gasteiger partial charge in [0.15, 0.2) is 16.7 Å². The van der Waals surface area contributed by atoms with Gasteiger partial charge in [-0.15, -0.1) is 0 Å². The number of nitrogens with two attached hydrogens (primary N) is 1. The van der Waals surface area contributed by atoms with Gasteiger partial charge < -0.3 is 14.7 Å². The van der Waals surface area contributed by atoms with Gasteiger partial charge in [-0.05, 0) is 54.6 Å². The summed E-state index contributed by atoms with van der Waals surface area (Å²) < 4.78 is 35.4. The molecule has 0 aliphatic carbocycles. The maximum absolute atomic E-state index is 12.5. The highest BCUT2D eigenvalue weighted by molar-refractivity contribution is 8.18. The molecule has 0 radical (unpaired) electrons. The Hall–Kier alpha value is -2.78. The zero-order valence-electron chi connectivity index (χ0n) is 14.5. The van der Waals surface area contributed by atoms with E-state index < -0.39 is 16.0 Å². The maximum Gasteiger partial charge on any atom is 0.339 e. The Bertz CT molecular complexity index is 1060. The van der Waals surface area contributed by atoms with Gasteiger partial charge in [0, 0.05) is 0 Å². The predicted molar refractivity (Wildman–Crippen MR) is 104 cm³/mol. The molecule has 7 nitrogen and oxygen atoms in total. The van der Waals surface area contributed by atoms with Crippen LogP contribution in [0.2, 0.25) is 0 Å². The van der Waals surface area contributed by atoms with E-state index in [0.29, 0.717) is 10.5 Å². The minimum atomic E-state index is -4.00. The number of hydrogen-bond acceptors (Lipinski definition) is 7. The van der Waals surface area contributed by atoms with Crippen molar-refractivity contribution in [3.63, 3.8) is 0 Å². The topological polar surface area (TPSA) is 108 Å². The van der Waals surface area contributed by atoms with Crippen LogP contribution in [0.4, 0.5) is 0 Å². The summed E-state index contributed by atoms with van der Waals surface area (Å²) in [5.41, 5.74) is 7.08. The van der Waals surface area contributed by atoms with Crippen molar-refractivity contribution in [1.29, 1.82) is 0 Å². The van der Waals surface area contributed by atoms with Crippen LogP contribution in [-0.4, -0.2) is 26.6 Å². The van der Waals surface area contributed by atoms with Crippen LogP contribution in [-0.2, 0) is 14.9 Å². The third kappa shape index (κ3) is 4.32. The zero-order chi connectivity index (χ0) is 19.6. The molecule has 0 aromatic heterocycles. The summed E-state index contributed by atoms with van der Waals surface area (Å²) in [4.78, 5) is 15.7. The number of methoxy groups -OCH3 is 1. The first-order valence-corrected chi connectivity index (χ1v) is 9.98. The fourth-order valence-electron chi connectivity index (χ4n) is 2.29. The summed E-state index contributed by atoms with van der Waals surface area (Å²) in [5, 5.41) is 0.183. The first kappa shape index (κ1) is 19.0. The van der Waals surface area contributed by atoms with E-state index in [2.05, 4.69) is 4.99 Å². The molecule has 1 aliphatic rings. The third-order valence-electron chi connectivity index (χ3n) is 3.63. The number of ether oxygens (including phenoxy) is 1. The van der Waals surface area contributed by atoms with Crippen molar-refractivity contribution < 1.29 is 22.1 Å². The van der Waals surface area contributed by atoms with Crippen LogP contribution >= 0.6 is 11.8 Å². The summed E-state index contributed by atoms with van der Waals surface area (Å²) >= 11 is 1.07. The van der Waals surface area contributed by atoms with Crippen LogP contribution in [0, 0.1) is 6.92 Å². The summed E-state index contributed by atoms with van der Waals surface area (Å²) in [7, 11) is -2.61. The summed E-state index contributed by atoms with van der Waals surface area (Å²) in [6.45, 7) is 1.86. The van der Waals surface area contributed by atoms with Crippen molar-refractivity contribution in [2.45, 2.75) is 11.8 Å². The molecule has 2 aromatic rings. The minimum absolute atomic E-state index is 0.0430. The molecule has 9 heteroatoms. The SMILES string of the molecule is COc1cc(/C=C2/SC(N)=NC2=O)ccc1OS(=O)(=O)c1ccc(C)cc1. The van der Waals surface area contributed by atoms with Crippen molar-refractivity contribution in [2.24, 2.45) is 10.7 Å². The molecule has 0 atom stereocenters. The normalized spacial score (nSPS) is 15.7. The fourth-order valence-corrected chi connectivity index (χ4v) is 3.91. The highest BCUT2D eigenvalue weighted by Crippen LogP contribution is 2.33. The first-order valence-electron chi connectivity index (χ1n) is 7.76.